The van der Waals surface area contributed by atoms with Crippen molar-refractivity contribution in [3.05, 3.63) is 23.7 Å². The van der Waals surface area contributed by atoms with Crippen molar-refractivity contribution in [3.63, 3.8) is 0 Å². The van der Waals surface area contributed by atoms with E-state index in [0.29, 0.717) is 6.54 Å². The zero-order valence-electron chi connectivity index (χ0n) is 9.65. The van der Waals surface area contributed by atoms with Crippen molar-refractivity contribution in [3.8, 4) is 0 Å². The minimum atomic E-state index is -0.128. The summed E-state index contributed by atoms with van der Waals surface area (Å²) >= 11 is 0. The van der Waals surface area contributed by atoms with Gasteiger partial charge in [-0.2, -0.15) is 0 Å². The predicted octanol–water partition coefficient (Wildman–Crippen LogP) is 1.78. The zero-order chi connectivity index (χ0) is 11.4. The number of hydrogen-bond donors (Lipinski definition) is 1. The Morgan fingerprint density at radius 2 is 2.19 bits per heavy atom. The molecule has 4 heteroatoms. The number of furan rings is 1. The van der Waals surface area contributed by atoms with Crippen molar-refractivity contribution in [2.45, 2.75) is 32.0 Å². The standard InChI is InChI=1S/C12H19NO3/c1-9-2-3-11(15-9)12(8-13)16-10-4-6-14-7-5-10/h2-3,10,12H,4-8,13H2,1H3. The van der Waals surface area contributed by atoms with Gasteiger partial charge in [0.15, 0.2) is 0 Å². The van der Waals surface area contributed by atoms with Crippen LogP contribution >= 0.6 is 0 Å². The van der Waals surface area contributed by atoms with Crippen molar-refractivity contribution < 1.29 is 13.9 Å². The molecule has 4 nitrogen and oxygen atoms in total. The first-order valence-corrected chi connectivity index (χ1v) is 5.79. The van der Waals surface area contributed by atoms with Gasteiger partial charge in [0.1, 0.15) is 17.6 Å². The molecule has 2 heterocycles. The van der Waals surface area contributed by atoms with Crippen molar-refractivity contribution in [2.24, 2.45) is 5.73 Å². The summed E-state index contributed by atoms with van der Waals surface area (Å²) in [6.07, 6.45) is 2.00. The van der Waals surface area contributed by atoms with Crippen molar-refractivity contribution in [1.29, 1.82) is 0 Å². The maximum atomic E-state index is 5.94. The number of nitrogens with two attached hydrogens (primary N) is 1. The average Bonchev–Trinajstić information content (AvgIpc) is 2.74. The smallest absolute Gasteiger partial charge is 0.134 e. The Bertz CT molecular complexity index is 318. The predicted molar refractivity (Wildman–Crippen MR) is 60.2 cm³/mol. The van der Waals surface area contributed by atoms with E-state index in [9.17, 15) is 0 Å². The molecule has 0 bridgehead atoms. The molecular weight excluding hydrogens is 206 g/mol. The van der Waals surface area contributed by atoms with Crippen molar-refractivity contribution in [1.82, 2.24) is 0 Å². The Hall–Kier alpha value is -0.840. The molecule has 1 aliphatic heterocycles. The Morgan fingerprint density at radius 3 is 2.75 bits per heavy atom. The average molecular weight is 225 g/mol. The highest BCUT2D eigenvalue weighted by atomic mass is 16.5. The maximum absolute atomic E-state index is 5.94. The molecule has 16 heavy (non-hydrogen) atoms. The van der Waals surface area contributed by atoms with Crippen LogP contribution in [0, 0.1) is 6.92 Å². The summed E-state index contributed by atoms with van der Waals surface area (Å²) in [6, 6.07) is 3.87. The van der Waals surface area contributed by atoms with E-state index in [4.69, 9.17) is 19.6 Å². The third-order valence-corrected chi connectivity index (χ3v) is 2.82. The molecule has 1 aliphatic rings. The Balaban J connectivity index is 1.94. The zero-order valence-corrected chi connectivity index (χ0v) is 9.65. The van der Waals surface area contributed by atoms with Crippen molar-refractivity contribution >= 4 is 0 Å². The molecule has 2 N–H and O–H groups in total. The minimum Gasteiger partial charge on any atom is -0.464 e. The fourth-order valence-electron chi connectivity index (χ4n) is 1.91. The monoisotopic (exact) mass is 225 g/mol. The van der Waals surface area contributed by atoms with Crippen LogP contribution < -0.4 is 5.73 Å². The second-order valence-electron chi connectivity index (χ2n) is 4.12. The first-order valence-electron chi connectivity index (χ1n) is 5.79. The van der Waals surface area contributed by atoms with Crippen molar-refractivity contribution in [2.75, 3.05) is 19.8 Å². The van der Waals surface area contributed by atoms with E-state index in [1.807, 2.05) is 19.1 Å². The summed E-state index contributed by atoms with van der Waals surface area (Å²) in [5.41, 5.74) is 5.71. The molecule has 0 aliphatic carbocycles. The quantitative estimate of drug-likeness (QED) is 0.848. The van der Waals surface area contributed by atoms with Gasteiger partial charge in [-0.1, -0.05) is 0 Å². The van der Waals surface area contributed by atoms with Gasteiger partial charge in [-0.05, 0) is 31.9 Å². The van der Waals surface area contributed by atoms with E-state index < -0.39 is 0 Å². The van der Waals surface area contributed by atoms with Crippen LogP contribution in [-0.2, 0) is 9.47 Å². The van der Waals surface area contributed by atoms with E-state index in [0.717, 1.165) is 37.6 Å². The topological polar surface area (TPSA) is 57.6 Å². The first kappa shape index (κ1) is 11.6. The Kier molecular flexibility index (Phi) is 3.98. The number of ether oxygens (including phenoxy) is 2. The van der Waals surface area contributed by atoms with Gasteiger partial charge in [-0.25, -0.2) is 0 Å². The molecule has 1 aromatic rings. The summed E-state index contributed by atoms with van der Waals surface area (Å²) in [7, 11) is 0. The lowest BCUT2D eigenvalue weighted by Gasteiger charge is -2.26. The van der Waals surface area contributed by atoms with Gasteiger partial charge in [0.05, 0.1) is 6.10 Å². The highest BCUT2D eigenvalue weighted by molar-refractivity contribution is 5.08. The fraction of sp³-hybridized carbons (Fsp3) is 0.667. The van der Waals surface area contributed by atoms with Gasteiger partial charge in [0.25, 0.3) is 0 Å². The second kappa shape index (κ2) is 5.48. The maximum Gasteiger partial charge on any atom is 0.134 e. The summed E-state index contributed by atoms with van der Waals surface area (Å²) < 4.78 is 16.8. The lowest BCUT2D eigenvalue weighted by molar-refractivity contribution is -0.0726. The lowest BCUT2D eigenvalue weighted by Crippen LogP contribution is -2.27. The van der Waals surface area contributed by atoms with E-state index in [1.54, 1.807) is 0 Å². The van der Waals surface area contributed by atoms with Crippen LogP contribution in [0.3, 0.4) is 0 Å². The van der Waals surface area contributed by atoms with E-state index >= 15 is 0 Å². The molecule has 1 unspecified atom stereocenters. The summed E-state index contributed by atoms with van der Waals surface area (Å²) in [5, 5.41) is 0. The largest absolute Gasteiger partial charge is 0.464 e. The fourth-order valence-corrected chi connectivity index (χ4v) is 1.91. The van der Waals surface area contributed by atoms with Gasteiger partial charge in [-0.3, -0.25) is 0 Å². The number of hydrogen-bond acceptors (Lipinski definition) is 4. The normalized spacial score (nSPS) is 19.9. The summed E-state index contributed by atoms with van der Waals surface area (Å²) in [4.78, 5) is 0. The van der Waals surface area contributed by atoms with Gasteiger partial charge < -0.3 is 19.6 Å². The van der Waals surface area contributed by atoms with Gasteiger partial charge in [0.2, 0.25) is 0 Å². The van der Waals surface area contributed by atoms with Crippen LogP contribution in [0.25, 0.3) is 0 Å². The molecule has 0 radical (unpaired) electrons. The third-order valence-electron chi connectivity index (χ3n) is 2.82. The van der Waals surface area contributed by atoms with E-state index in [2.05, 4.69) is 0 Å². The van der Waals surface area contributed by atoms with E-state index in [1.165, 1.54) is 0 Å². The number of aryl methyl sites for hydroxylation is 1. The minimum absolute atomic E-state index is 0.128. The molecule has 1 aromatic heterocycles. The second-order valence-corrected chi connectivity index (χ2v) is 4.12. The summed E-state index contributed by atoms with van der Waals surface area (Å²) in [6.45, 7) is 3.92. The molecular formula is C12H19NO3. The van der Waals surface area contributed by atoms with Gasteiger partial charge >= 0.3 is 0 Å². The molecule has 1 saturated heterocycles. The summed E-state index contributed by atoms with van der Waals surface area (Å²) in [5.74, 6) is 1.72. The van der Waals surface area contributed by atoms with E-state index in [-0.39, 0.29) is 12.2 Å². The molecule has 0 saturated carbocycles. The molecule has 1 fully saturated rings. The molecule has 0 amide bonds. The van der Waals surface area contributed by atoms with Gasteiger partial charge in [-0.15, -0.1) is 0 Å². The number of rotatable bonds is 4. The lowest BCUT2D eigenvalue weighted by atomic mass is 10.1. The van der Waals surface area contributed by atoms with Crippen LogP contribution in [0.5, 0.6) is 0 Å². The molecule has 0 spiro atoms. The van der Waals surface area contributed by atoms with Crippen LogP contribution in [0.2, 0.25) is 0 Å². The van der Waals surface area contributed by atoms with Crippen LogP contribution in [0.4, 0.5) is 0 Å². The van der Waals surface area contributed by atoms with Crippen LogP contribution in [0.1, 0.15) is 30.5 Å². The molecule has 0 aromatic carbocycles. The molecule has 1 atom stereocenters. The van der Waals surface area contributed by atoms with Crippen LogP contribution in [0.15, 0.2) is 16.5 Å². The third kappa shape index (κ3) is 2.84. The molecule has 90 valence electrons. The SMILES string of the molecule is Cc1ccc(C(CN)OC2CCOCC2)o1. The highest BCUT2D eigenvalue weighted by Crippen LogP contribution is 2.23. The Morgan fingerprint density at radius 1 is 1.44 bits per heavy atom. The highest BCUT2D eigenvalue weighted by Gasteiger charge is 2.21. The van der Waals surface area contributed by atoms with Crippen LogP contribution in [-0.4, -0.2) is 25.9 Å². The Labute approximate surface area is 95.7 Å². The first-order chi connectivity index (χ1) is 7.79. The molecule has 2 rings (SSSR count). The van der Waals surface area contributed by atoms with Gasteiger partial charge in [0, 0.05) is 19.8 Å².